The number of pyridine rings is 1. The summed E-state index contributed by atoms with van der Waals surface area (Å²) in [7, 11) is 1.42. The van der Waals surface area contributed by atoms with Gasteiger partial charge in [0.15, 0.2) is 5.96 Å². The van der Waals surface area contributed by atoms with Crippen LogP contribution in [0.4, 0.5) is 32.2 Å². The molecule has 0 atom stereocenters. The van der Waals surface area contributed by atoms with E-state index in [0.717, 1.165) is 53.8 Å². The SMILES string of the molecule is CCN(CC1CCCC1)c1nc2ccccc2cc1CN(Cc1cc(C(F)(F)F)cc(C(F)(F)F)c1)C(N)=NC. The van der Waals surface area contributed by atoms with Gasteiger partial charge in [-0.25, -0.2) is 4.98 Å². The Balaban J connectivity index is 1.75. The topological polar surface area (TPSA) is 57.8 Å². The Bertz CT molecular complexity index is 1310. The predicted molar refractivity (Wildman–Crippen MR) is 145 cm³/mol. The molecule has 0 bridgehead atoms. The molecule has 0 unspecified atom stereocenters. The van der Waals surface area contributed by atoms with Crippen LogP contribution in [0, 0.1) is 5.92 Å². The smallest absolute Gasteiger partial charge is 0.370 e. The molecule has 2 N–H and O–H groups in total. The number of hydrogen-bond donors (Lipinski definition) is 1. The van der Waals surface area contributed by atoms with E-state index in [4.69, 9.17) is 10.7 Å². The Kier molecular flexibility index (Phi) is 8.80. The minimum absolute atomic E-state index is 0.0103. The highest BCUT2D eigenvalue weighted by atomic mass is 19.4. The number of anilines is 1. The summed E-state index contributed by atoms with van der Waals surface area (Å²) in [6, 6.07) is 11.1. The van der Waals surface area contributed by atoms with Gasteiger partial charge in [0.1, 0.15) is 5.82 Å². The van der Waals surface area contributed by atoms with Gasteiger partial charge in [0, 0.05) is 44.2 Å². The van der Waals surface area contributed by atoms with E-state index in [0.29, 0.717) is 12.5 Å². The average Bonchev–Trinajstić information content (AvgIpc) is 3.42. The molecule has 1 aliphatic rings. The molecule has 0 aliphatic heterocycles. The minimum atomic E-state index is -4.94. The number of fused-ring (bicyclic) bond motifs is 1. The van der Waals surface area contributed by atoms with E-state index in [1.54, 1.807) is 0 Å². The molecule has 0 spiro atoms. The molecule has 2 aromatic carbocycles. The monoisotopic (exact) mass is 565 g/mol. The normalized spacial score (nSPS) is 15.2. The Labute approximate surface area is 229 Å². The zero-order valence-corrected chi connectivity index (χ0v) is 22.5. The van der Waals surface area contributed by atoms with Crippen LogP contribution < -0.4 is 10.6 Å². The van der Waals surface area contributed by atoms with Crippen LogP contribution in [0.25, 0.3) is 10.9 Å². The lowest BCUT2D eigenvalue weighted by molar-refractivity contribution is -0.143. The number of para-hydroxylation sites is 1. The number of nitrogens with two attached hydrogens (primary N) is 1. The third-order valence-electron chi connectivity index (χ3n) is 7.35. The summed E-state index contributed by atoms with van der Waals surface area (Å²) in [5.41, 5.74) is 4.80. The molecule has 3 aromatic rings. The van der Waals surface area contributed by atoms with Gasteiger partial charge in [0.25, 0.3) is 0 Å². The molecular formula is C29H33F6N5. The molecule has 216 valence electrons. The number of benzene rings is 2. The zero-order valence-electron chi connectivity index (χ0n) is 22.5. The van der Waals surface area contributed by atoms with E-state index < -0.39 is 23.5 Å². The van der Waals surface area contributed by atoms with E-state index in [9.17, 15) is 26.3 Å². The van der Waals surface area contributed by atoms with Crippen molar-refractivity contribution in [1.29, 1.82) is 0 Å². The molecular weight excluding hydrogens is 532 g/mol. The molecule has 1 heterocycles. The summed E-state index contributed by atoms with van der Waals surface area (Å²) in [5.74, 6) is 1.25. The largest absolute Gasteiger partial charge is 0.416 e. The molecule has 0 amide bonds. The summed E-state index contributed by atoms with van der Waals surface area (Å²) in [6.07, 6.45) is -5.23. The molecule has 1 aliphatic carbocycles. The van der Waals surface area contributed by atoms with Crippen molar-refractivity contribution >= 4 is 22.7 Å². The van der Waals surface area contributed by atoms with Crippen molar-refractivity contribution in [2.24, 2.45) is 16.6 Å². The van der Waals surface area contributed by atoms with Crippen molar-refractivity contribution in [2.75, 3.05) is 25.0 Å². The molecule has 0 saturated heterocycles. The second-order valence-electron chi connectivity index (χ2n) is 10.2. The maximum Gasteiger partial charge on any atom is 0.416 e. The number of aliphatic imine (C=N–C) groups is 1. The van der Waals surface area contributed by atoms with Crippen molar-refractivity contribution in [1.82, 2.24) is 9.88 Å². The van der Waals surface area contributed by atoms with E-state index in [2.05, 4.69) is 9.89 Å². The van der Waals surface area contributed by atoms with Crippen LogP contribution in [0.15, 0.2) is 53.5 Å². The van der Waals surface area contributed by atoms with Gasteiger partial charge in [-0.05, 0) is 61.6 Å². The van der Waals surface area contributed by atoms with Crippen molar-refractivity contribution in [3.63, 3.8) is 0 Å². The molecule has 40 heavy (non-hydrogen) atoms. The maximum absolute atomic E-state index is 13.5. The fraction of sp³-hybridized carbons (Fsp3) is 0.448. The van der Waals surface area contributed by atoms with Gasteiger partial charge in [-0.3, -0.25) is 4.99 Å². The standard InChI is InChI=1S/C29H33F6N5/c1-3-39(16-19-8-4-5-9-19)26-22(14-21-10-6-7-11-25(21)38-26)18-40(27(36)37-2)17-20-12-23(28(30,31)32)15-24(13-20)29(33,34)35/h6-7,10-15,19H,3-5,8-9,16-18H2,1-2H3,(H2,36,37). The van der Waals surface area contributed by atoms with Crippen molar-refractivity contribution in [3.05, 3.63) is 70.8 Å². The van der Waals surface area contributed by atoms with E-state index >= 15 is 0 Å². The number of rotatable bonds is 8. The Morgan fingerprint density at radius 1 is 0.950 bits per heavy atom. The number of alkyl halides is 6. The summed E-state index contributed by atoms with van der Waals surface area (Å²) in [6.45, 7) is 3.33. The van der Waals surface area contributed by atoms with Gasteiger partial charge >= 0.3 is 12.4 Å². The van der Waals surface area contributed by atoms with Crippen LogP contribution in [-0.2, 0) is 25.4 Å². The van der Waals surface area contributed by atoms with Gasteiger partial charge in [-0.2, -0.15) is 26.3 Å². The highest BCUT2D eigenvalue weighted by Crippen LogP contribution is 2.37. The summed E-state index contributed by atoms with van der Waals surface area (Å²) in [4.78, 5) is 12.6. The first-order valence-corrected chi connectivity index (χ1v) is 13.3. The zero-order chi connectivity index (χ0) is 29.1. The van der Waals surface area contributed by atoms with E-state index in [1.807, 2.05) is 37.3 Å². The Morgan fingerprint density at radius 3 is 2.15 bits per heavy atom. The number of halogens is 6. The number of guanidine groups is 1. The van der Waals surface area contributed by atoms with Gasteiger partial charge in [0.2, 0.25) is 0 Å². The lowest BCUT2D eigenvalue weighted by Crippen LogP contribution is -2.37. The molecule has 5 nitrogen and oxygen atoms in total. The van der Waals surface area contributed by atoms with Crippen LogP contribution >= 0.6 is 0 Å². The summed E-state index contributed by atoms with van der Waals surface area (Å²) in [5, 5.41) is 0.864. The first kappa shape index (κ1) is 29.5. The highest BCUT2D eigenvalue weighted by molar-refractivity contribution is 5.83. The molecule has 1 saturated carbocycles. The average molecular weight is 566 g/mol. The maximum atomic E-state index is 13.5. The van der Waals surface area contributed by atoms with Gasteiger partial charge in [-0.15, -0.1) is 0 Å². The fourth-order valence-corrected chi connectivity index (χ4v) is 5.31. The van der Waals surface area contributed by atoms with Crippen LogP contribution in [0.5, 0.6) is 0 Å². The first-order valence-electron chi connectivity index (χ1n) is 13.3. The lowest BCUT2D eigenvalue weighted by Gasteiger charge is -2.30. The molecule has 0 radical (unpaired) electrons. The van der Waals surface area contributed by atoms with Crippen LogP contribution in [0.2, 0.25) is 0 Å². The summed E-state index contributed by atoms with van der Waals surface area (Å²) < 4.78 is 81.0. The molecule has 1 fully saturated rings. The van der Waals surface area contributed by atoms with Crippen molar-refractivity contribution in [2.45, 2.75) is 58.0 Å². The minimum Gasteiger partial charge on any atom is -0.370 e. The quantitative estimate of drug-likeness (QED) is 0.178. The summed E-state index contributed by atoms with van der Waals surface area (Å²) >= 11 is 0. The number of nitrogens with zero attached hydrogens (tertiary/aromatic N) is 4. The number of aromatic nitrogens is 1. The van der Waals surface area contributed by atoms with Gasteiger partial charge < -0.3 is 15.5 Å². The predicted octanol–water partition coefficient (Wildman–Crippen LogP) is 7.24. The Morgan fingerprint density at radius 2 is 1.57 bits per heavy atom. The van der Waals surface area contributed by atoms with Crippen molar-refractivity contribution in [3.8, 4) is 0 Å². The van der Waals surface area contributed by atoms with E-state index in [1.165, 1.54) is 24.8 Å². The highest BCUT2D eigenvalue weighted by Gasteiger charge is 2.37. The van der Waals surface area contributed by atoms with E-state index in [-0.39, 0.29) is 30.7 Å². The third-order valence-corrected chi connectivity index (χ3v) is 7.35. The second kappa shape index (κ2) is 11.9. The lowest BCUT2D eigenvalue weighted by atomic mass is 10.0. The Hall–Kier alpha value is -3.50. The van der Waals surface area contributed by atoms with Gasteiger partial charge in [-0.1, -0.05) is 31.0 Å². The van der Waals surface area contributed by atoms with Crippen LogP contribution in [0.3, 0.4) is 0 Å². The van der Waals surface area contributed by atoms with Gasteiger partial charge in [0.05, 0.1) is 16.6 Å². The van der Waals surface area contributed by atoms with Crippen molar-refractivity contribution < 1.29 is 26.3 Å². The molecule has 11 heteroatoms. The van der Waals surface area contributed by atoms with Crippen LogP contribution in [0.1, 0.15) is 54.9 Å². The second-order valence-corrected chi connectivity index (χ2v) is 10.2. The molecule has 1 aromatic heterocycles. The molecule has 4 rings (SSSR count). The van der Waals surface area contributed by atoms with Crippen LogP contribution in [-0.4, -0.2) is 36.0 Å². The number of hydrogen-bond acceptors (Lipinski definition) is 3. The first-order chi connectivity index (χ1) is 18.9. The third kappa shape index (κ3) is 6.98. The fourth-order valence-electron chi connectivity index (χ4n) is 5.31.